The zero-order chi connectivity index (χ0) is 34.5. The molecule has 0 bridgehead atoms. The Kier molecular flexibility index (Phi) is 38.8. The van der Waals surface area contributed by atoms with Crippen molar-refractivity contribution in [1.82, 2.24) is 4.90 Å². The van der Waals surface area contributed by atoms with Crippen LogP contribution in [0.3, 0.4) is 0 Å². The molecule has 2 nitrogen and oxygen atoms in total. The van der Waals surface area contributed by atoms with Crippen LogP contribution in [0.1, 0.15) is 240 Å². The van der Waals surface area contributed by atoms with Gasteiger partial charge in [0.25, 0.3) is 0 Å². The Bertz CT molecular complexity index is 610. The van der Waals surface area contributed by atoms with Crippen LogP contribution in [0.5, 0.6) is 0 Å². The average molecular weight is 680 g/mol. The molecule has 0 rings (SSSR count). The third-order valence-electron chi connectivity index (χ3n) is 10.8. The van der Waals surface area contributed by atoms with Gasteiger partial charge in [-0.25, -0.2) is 0 Å². The number of thiol groups is 1. The Morgan fingerprint density at radius 2 is 0.766 bits per heavy atom. The third-order valence-corrected chi connectivity index (χ3v) is 11.0. The number of carbonyl (C=O) groups is 1. The highest BCUT2D eigenvalue weighted by Crippen LogP contribution is 2.25. The lowest BCUT2D eigenvalue weighted by Crippen LogP contribution is -2.28. The van der Waals surface area contributed by atoms with Crippen molar-refractivity contribution in [2.75, 3.05) is 25.4 Å². The van der Waals surface area contributed by atoms with Gasteiger partial charge in [0, 0.05) is 24.6 Å². The molecule has 0 amide bonds. The molecule has 2 unspecified atom stereocenters. The molecule has 282 valence electrons. The number of rotatable bonds is 40. The number of hydrogen-bond donors (Lipinski definition) is 1. The summed E-state index contributed by atoms with van der Waals surface area (Å²) in [5.74, 6) is 2.86. The second kappa shape index (κ2) is 38.8. The van der Waals surface area contributed by atoms with Crippen LogP contribution in [0, 0.1) is 11.8 Å². The van der Waals surface area contributed by atoms with Crippen LogP contribution in [0.25, 0.3) is 0 Å². The van der Waals surface area contributed by atoms with Crippen molar-refractivity contribution >= 4 is 18.4 Å². The summed E-state index contributed by atoms with van der Waals surface area (Å²) >= 11 is 4.57. The largest absolute Gasteiger partial charge is 0.303 e. The minimum atomic E-state index is 0.339. The van der Waals surface area contributed by atoms with Gasteiger partial charge in [0.2, 0.25) is 0 Å². The molecule has 0 spiro atoms. The Morgan fingerprint density at radius 1 is 0.426 bits per heavy atom. The fourth-order valence-corrected chi connectivity index (χ4v) is 7.86. The van der Waals surface area contributed by atoms with E-state index >= 15 is 0 Å². The normalized spacial score (nSPS) is 13.1. The van der Waals surface area contributed by atoms with Crippen molar-refractivity contribution in [2.45, 2.75) is 240 Å². The summed E-state index contributed by atoms with van der Waals surface area (Å²) in [4.78, 5) is 15.9. The summed E-state index contributed by atoms with van der Waals surface area (Å²) in [5.41, 5.74) is 0. The molecule has 0 aliphatic rings. The van der Waals surface area contributed by atoms with E-state index in [2.05, 4.69) is 45.2 Å². The summed E-state index contributed by atoms with van der Waals surface area (Å²) in [6, 6.07) is 0. The van der Waals surface area contributed by atoms with Crippen molar-refractivity contribution in [3.05, 3.63) is 0 Å². The van der Waals surface area contributed by atoms with Gasteiger partial charge in [-0.05, 0) is 51.1 Å². The summed E-state index contributed by atoms with van der Waals surface area (Å²) in [6.45, 7) is 12.7. The smallest absolute Gasteiger partial charge is 0.135 e. The van der Waals surface area contributed by atoms with Crippen molar-refractivity contribution in [3.8, 4) is 0 Å². The van der Waals surface area contributed by atoms with E-state index in [-0.39, 0.29) is 0 Å². The predicted octanol–water partition coefficient (Wildman–Crippen LogP) is 15.0. The van der Waals surface area contributed by atoms with E-state index in [1.54, 1.807) is 0 Å². The van der Waals surface area contributed by atoms with Crippen LogP contribution < -0.4 is 0 Å². The fraction of sp³-hybridized carbons (Fsp3) is 0.977. The van der Waals surface area contributed by atoms with E-state index in [0.29, 0.717) is 11.7 Å². The lowest BCUT2D eigenvalue weighted by molar-refractivity contribution is -0.123. The number of nitrogens with zero attached hydrogens (tertiary/aromatic N) is 1. The molecule has 0 aromatic carbocycles. The van der Waals surface area contributed by atoms with Gasteiger partial charge in [-0.3, -0.25) is 4.79 Å². The lowest BCUT2D eigenvalue weighted by Gasteiger charge is -2.22. The van der Waals surface area contributed by atoms with Crippen LogP contribution in [-0.4, -0.2) is 36.1 Å². The second-order valence-corrected chi connectivity index (χ2v) is 15.9. The molecule has 3 heteroatoms. The maximum absolute atomic E-state index is 13.2. The fourth-order valence-electron chi connectivity index (χ4n) is 7.58. The SMILES string of the molecule is CCCCCCCCC(CCCCCC)CCCCCCN(CCS)CCCCCC(=O)C(CCCCCC)CCCCCCCC. The van der Waals surface area contributed by atoms with E-state index in [1.807, 2.05) is 0 Å². The molecule has 0 aliphatic heterocycles. The second-order valence-electron chi connectivity index (χ2n) is 15.4. The minimum absolute atomic E-state index is 0.339. The maximum atomic E-state index is 13.2. The highest BCUT2D eigenvalue weighted by Gasteiger charge is 2.17. The van der Waals surface area contributed by atoms with Gasteiger partial charge in [0.15, 0.2) is 0 Å². The van der Waals surface area contributed by atoms with Crippen molar-refractivity contribution < 1.29 is 4.79 Å². The van der Waals surface area contributed by atoms with Gasteiger partial charge in [-0.1, -0.05) is 201 Å². The van der Waals surface area contributed by atoms with Crippen LogP contribution in [0.15, 0.2) is 0 Å². The van der Waals surface area contributed by atoms with Crippen LogP contribution in [0.4, 0.5) is 0 Å². The predicted molar refractivity (Wildman–Crippen MR) is 217 cm³/mol. The zero-order valence-electron chi connectivity index (χ0n) is 33.1. The maximum Gasteiger partial charge on any atom is 0.135 e. The lowest BCUT2D eigenvalue weighted by atomic mass is 9.88. The summed E-state index contributed by atoms with van der Waals surface area (Å²) in [5, 5.41) is 0. The van der Waals surface area contributed by atoms with Gasteiger partial charge < -0.3 is 4.90 Å². The highest BCUT2D eigenvalue weighted by molar-refractivity contribution is 7.80. The van der Waals surface area contributed by atoms with Crippen LogP contribution in [0.2, 0.25) is 0 Å². The molecule has 47 heavy (non-hydrogen) atoms. The Balaban J connectivity index is 4.28. The van der Waals surface area contributed by atoms with Crippen molar-refractivity contribution in [3.63, 3.8) is 0 Å². The van der Waals surface area contributed by atoms with E-state index in [4.69, 9.17) is 0 Å². The van der Waals surface area contributed by atoms with Gasteiger partial charge >= 0.3 is 0 Å². The number of ketones is 1. The van der Waals surface area contributed by atoms with Gasteiger partial charge in [0.05, 0.1) is 0 Å². The molecule has 0 radical (unpaired) electrons. The molecular formula is C44H89NOS. The van der Waals surface area contributed by atoms with Gasteiger partial charge in [0.1, 0.15) is 5.78 Å². The molecule has 0 heterocycles. The Labute approximate surface area is 304 Å². The standard InChI is InChI=1S/C44H89NOS/c1-5-9-13-17-19-25-33-42(32-24-15-11-7-3)34-26-21-22-30-38-45(40-41-47)39-31-23-29-37-44(46)43(35-27-16-12-8-4)36-28-20-18-14-10-6-2/h42-43,47H,5-41H2,1-4H3. The Morgan fingerprint density at radius 3 is 1.19 bits per heavy atom. The van der Waals surface area contributed by atoms with Crippen LogP contribution in [-0.2, 0) is 4.79 Å². The molecule has 0 saturated carbocycles. The summed E-state index contributed by atoms with van der Waals surface area (Å²) < 4.78 is 0. The summed E-state index contributed by atoms with van der Waals surface area (Å²) in [7, 11) is 0. The summed E-state index contributed by atoms with van der Waals surface area (Å²) in [6.07, 6.45) is 44.0. The van der Waals surface area contributed by atoms with Crippen LogP contribution >= 0.6 is 12.6 Å². The number of hydrogen-bond acceptors (Lipinski definition) is 3. The zero-order valence-corrected chi connectivity index (χ0v) is 34.0. The first-order chi connectivity index (χ1) is 23.1. The topological polar surface area (TPSA) is 20.3 Å². The molecule has 2 atom stereocenters. The first-order valence-electron chi connectivity index (χ1n) is 22.0. The number of unbranched alkanes of at least 4 members (excludes halogenated alkanes) is 21. The van der Waals surface area contributed by atoms with Crippen molar-refractivity contribution in [2.24, 2.45) is 11.8 Å². The molecule has 0 N–H and O–H groups in total. The highest BCUT2D eigenvalue weighted by atomic mass is 32.1. The van der Waals surface area contributed by atoms with E-state index in [0.717, 1.165) is 43.9 Å². The molecule has 0 aromatic rings. The minimum Gasteiger partial charge on any atom is -0.303 e. The average Bonchev–Trinajstić information content (AvgIpc) is 3.07. The quantitative estimate of drug-likeness (QED) is 0.0514. The third kappa shape index (κ3) is 32.9. The molecule has 0 aliphatic carbocycles. The molecule has 0 saturated heterocycles. The van der Waals surface area contributed by atoms with E-state index < -0.39 is 0 Å². The first kappa shape index (κ1) is 47.0. The molecule has 0 aromatic heterocycles. The van der Waals surface area contributed by atoms with E-state index in [9.17, 15) is 4.79 Å². The van der Waals surface area contributed by atoms with Crippen molar-refractivity contribution in [1.29, 1.82) is 0 Å². The van der Waals surface area contributed by atoms with Gasteiger partial charge in [-0.15, -0.1) is 0 Å². The van der Waals surface area contributed by atoms with Gasteiger partial charge in [-0.2, -0.15) is 12.6 Å². The Hall–Kier alpha value is -0.0200. The number of Topliss-reactive ketones (excluding diaryl/α,β-unsaturated/α-hetero) is 1. The first-order valence-corrected chi connectivity index (χ1v) is 22.6. The molecular weight excluding hydrogens is 591 g/mol. The van der Waals surface area contributed by atoms with E-state index in [1.165, 1.54) is 199 Å². The number of carbonyl (C=O) groups excluding carboxylic acids is 1. The molecule has 0 fully saturated rings. The monoisotopic (exact) mass is 680 g/mol.